The van der Waals surface area contributed by atoms with Crippen LogP contribution >= 0.6 is 0 Å². The molecule has 0 aliphatic carbocycles. The Kier molecular flexibility index (Phi) is 8.84. The Labute approximate surface area is 203 Å². The maximum absolute atomic E-state index is 13.3. The van der Waals surface area contributed by atoms with Crippen LogP contribution in [-0.2, 0) is 6.54 Å². The first-order valence-corrected chi connectivity index (χ1v) is 11.7. The van der Waals surface area contributed by atoms with Gasteiger partial charge in [0.1, 0.15) is 0 Å². The van der Waals surface area contributed by atoms with Gasteiger partial charge in [-0.1, -0.05) is 60.2 Å². The number of carbonyl (C=O) groups is 2. The Morgan fingerprint density at radius 3 is 2.26 bits per heavy atom. The molecule has 4 rings (SSSR count). The second-order valence-electron chi connectivity index (χ2n) is 8.32. The summed E-state index contributed by atoms with van der Waals surface area (Å²) >= 11 is 0. The van der Waals surface area contributed by atoms with Crippen molar-refractivity contribution >= 4 is 17.5 Å². The van der Waals surface area contributed by atoms with Crippen molar-refractivity contribution in [2.24, 2.45) is 0 Å². The molecule has 34 heavy (non-hydrogen) atoms. The summed E-state index contributed by atoms with van der Waals surface area (Å²) in [6, 6.07) is 16.2. The Hall–Kier alpha value is -3.62. The molecule has 0 bridgehead atoms. The van der Waals surface area contributed by atoms with E-state index in [1.54, 1.807) is 6.07 Å². The second-order valence-corrected chi connectivity index (χ2v) is 8.32. The number of rotatable bonds is 7. The van der Waals surface area contributed by atoms with E-state index in [2.05, 4.69) is 46.9 Å². The van der Waals surface area contributed by atoms with E-state index < -0.39 is 0 Å². The van der Waals surface area contributed by atoms with E-state index in [9.17, 15) is 9.59 Å². The summed E-state index contributed by atoms with van der Waals surface area (Å²) in [6.07, 6.45) is 14.7. The largest absolute Gasteiger partial charge is 0.368 e. The van der Waals surface area contributed by atoms with Gasteiger partial charge in [0.15, 0.2) is 0 Å². The van der Waals surface area contributed by atoms with Gasteiger partial charge in [-0.2, -0.15) is 0 Å². The minimum Gasteiger partial charge on any atom is -0.368 e. The number of anilines is 1. The number of nitrogens with zero attached hydrogens (tertiary/aromatic N) is 3. The number of fused-ring (bicyclic) bond motifs is 1. The number of imide groups is 1. The van der Waals surface area contributed by atoms with E-state index in [4.69, 9.17) is 0 Å². The molecule has 2 aliphatic rings. The molecule has 0 saturated carbocycles. The van der Waals surface area contributed by atoms with Crippen LogP contribution < -0.4 is 4.90 Å². The lowest BCUT2D eigenvalue weighted by Gasteiger charge is -2.36. The molecule has 2 aromatic rings. The first-order chi connectivity index (χ1) is 16.6. The highest BCUT2D eigenvalue weighted by Crippen LogP contribution is 2.32. The smallest absolute Gasteiger partial charge is 0.263 e. The predicted molar refractivity (Wildman–Crippen MR) is 139 cm³/mol. The van der Waals surface area contributed by atoms with Gasteiger partial charge in [0.2, 0.25) is 0 Å². The van der Waals surface area contributed by atoms with Crippen molar-refractivity contribution in [1.82, 2.24) is 9.80 Å². The third kappa shape index (κ3) is 5.47. The highest BCUT2D eigenvalue weighted by atomic mass is 16.2. The molecule has 5 nitrogen and oxygen atoms in total. The third-order valence-electron chi connectivity index (χ3n) is 6.31. The normalized spacial score (nSPS) is 16.5. The molecule has 0 radical (unpaired) electrons. The van der Waals surface area contributed by atoms with E-state index in [1.165, 1.54) is 10.5 Å². The summed E-state index contributed by atoms with van der Waals surface area (Å²) in [5.74, 6) is -0.339. The number of piperazine rings is 1. The van der Waals surface area contributed by atoms with Gasteiger partial charge in [0.25, 0.3) is 11.8 Å². The molecular weight excluding hydrogens is 422 g/mol. The van der Waals surface area contributed by atoms with E-state index in [0.29, 0.717) is 24.1 Å². The summed E-state index contributed by atoms with van der Waals surface area (Å²) in [7, 11) is 0. The first kappa shape index (κ1) is 25.0. The fourth-order valence-corrected chi connectivity index (χ4v) is 4.55. The van der Waals surface area contributed by atoms with Crippen LogP contribution in [-0.4, -0.2) is 54.3 Å². The topological polar surface area (TPSA) is 43.9 Å². The van der Waals surface area contributed by atoms with Gasteiger partial charge in [-0.05, 0) is 38.0 Å². The van der Waals surface area contributed by atoms with Crippen molar-refractivity contribution in [3.05, 3.63) is 89.0 Å². The molecule has 2 aromatic carbocycles. The fourth-order valence-electron chi connectivity index (χ4n) is 4.55. The van der Waals surface area contributed by atoms with Gasteiger partial charge in [0, 0.05) is 39.3 Å². The molecule has 0 unspecified atom stereocenters. The molecule has 0 aromatic heterocycles. The van der Waals surface area contributed by atoms with Crippen LogP contribution in [0.5, 0.6) is 0 Å². The second kappa shape index (κ2) is 12.0. The molecule has 176 valence electrons. The minimum absolute atomic E-state index is 0.164. The Morgan fingerprint density at radius 2 is 1.62 bits per heavy atom. The number of amides is 2. The zero-order chi connectivity index (χ0) is 24.5. The van der Waals surface area contributed by atoms with Gasteiger partial charge >= 0.3 is 0 Å². The molecule has 2 amide bonds. The molecular formula is C29H33N3O2. The zero-order valence-corrected chi connectivity index (χ0v) is 20.1. The molecule has 5 heteroatoms. The number of allylic oxidation sites excluding steroid dienone is 3. The third-order valence-corrected chi connectivity index (χ3v) is 6.31. The van der Waals surface area contributed by atoms with Crippen molar-refractivity contribution in [2.45, 2.75) is 26.8 Å². The van der Waals surface area contributed by atoms with Crippen molar-refractivity contribution < 1.29 is 9.59 Å². The Morgan fingerprint density at radius 1 is 0.912 bits per heavy atom. The van der Waals surface area contributed by atoms with Crippen LogP contribution in [0, 0.1) is 12.8 Å². The van der Waals surface area contributed by atoms with Crippen LogP contribution in [0.4, 0.5) is 5.69 Å². The van der Waals surface area contributed by atoms with Gasteiger partial charge in [-0.25, -0.2) is 0 Å². The minimum atomic E-state index is -0.175. The predicted octanol–water partition coefficient (Wildman–Crippen LogP) is 4.77. The van der Waals surface area contributed by atoms with Crippen molar-refractivity contribution in [2.75, 3.05) is 37.6 Å². The number of hydrogen-bond acceptors (Lipinski definition) is 4. The van der Waals surface area contributed by atoms with E-state index in [-0.39, 0.29) is 11.8 Å². The number of terminal acetylenes is 1. The highest BCUT2D eigenvalue weighted by molar-refractivity contribution is 6.23. The van der Waals surface area contributed by atoms with Gasteiger partial charge < -0.3 is 4.90 Å². The number of hydrogen-bond donors (Lipinski definition) is 0. The molecule has 1 fully saturated rings. The lowest BCUT2D eigenvalue weighted by Crippen LogP contribution is -2.46. The van der Waals surface area contributed by atoms with Crippen LogP contribution in [0.15, 0.2) is 72.3 Å². The molecule has 2 aliphatic heterocycles. The fraction of sp³-hybridized carbons (Fsp3) is 0.310. The first-order valence-electron chi connectivity index (χ1n) is 11.7. The standard InChI is InChI=1S/C27H31N3O2.C2H2/c1-3-9-21(4-2)14-15-30-26(31)23-12-8-13-24(25(23)27(30)32)29-18-16-28(17-19-29)20-22-10-6-5-7-11-22;1-2/h3-13H,14-20H2,1-2H3;1-2H/b9-3-,21-4+;. The van der Waals surface area contributed by atoms with Crippen LogP contribution in [0.2, 0.25) is 0 Å². The average Bonchev–Trinajstić information content (AvgIpc) is 3.13. The Balaban J connectivity index is 0.00000158. The van der Waals surface area contributed by atoms with Gasteiger partial charge in [-0.15, -0.1) is 12.8 Å². The molecule has 0 N–H and O–H groups in total. The SMILES string of the molecule is C#C.C/C=C\C(=C/C)CCN1C(=O)c2cccc(N3CCN(Cc4ccccc4)CC3)c2C1=O. The number of benzene rings is 2. The van der Waals surface area contributed by atoms with Crippen LogP contribution in [0.25, 0.3) is 0 Å². The summed E-state index contributed by atoms with van der Waals surface area (Å²) in [5.41, 5.74) is 4.44. The molecule has 0 spiro atoms. The summed E-state index contributed by atoms with van der Waals surface area (Å²) in [6.45, 7) is 8.83. The highest BCUT2D eigenvalue weighted by Gasteiger charge is 2.38. The summed E-state index contributed by atoms with van der Waals surface area (Å²) in [4.78, 5) is 32.4. The van der Waals surface area contributed by atoms with Crippen molar-refractivity contribution in [1.29, 1.82) is 0 Å². The van der Waals surface area contributed by atoms with Crippen molar-refractivity contribution in [3.63, 3.8) is 0 Å². The summed E-state index contributed by atoms with van der Waals surface area (Å²) < 4.78 is 0. The van der Waals surface area contributed by atoms with Crippen LogP contribution in [0.1, 0.15) is 46.5 Å². The maximum Gasteiger partial charge on any atom is 0.263 e. The molecule has 0 atom stereocenters. The Bertz CT molecular complexity index is 1080. The monoisotopic (exact) mass is 455 g/mol. The van der Waals surface area contributed by atoms with E-state index in [0.717, 1.165) is 44.0 Å². The van der Waals surface area contributed by atoms with E-state index >= 15 is 0 Å². The quantitative estimate of drug-likeness (QED) is 0.343. The van der Waals surface area contributed by atoms with Gasteiger partial charge in [0.05, 0.1) is 16.8 Å². The van der Waals surface area contributed by atoms with Crippen LogP contribution in [0.3, 0.4) is 0 Å². The summed E-state index contributed by atoms with van der Waals surface area (Å²) in [5, 5.41) is 0. The lowest BCUT2D eigenvalue weighted by molar-refractivity contribution is 0.0656. The number of carbonyl (C=O) groups excluding carboxylic acids is 2. The van der Waals surface area contributed by atoms with E-state index in [1.807, 2.05) is 50.3 Å². The van der Waals surface area contributed by atoms with Gasteiger partial charge in [-0.3, -0.25) is 19.4 Å². The lowest BCUT2D eigenvalue weighted by atomic mass is 10.1. The van der Waals surface area contributed by atoms with Crippen molar-refractivity contribution in [3.8, 4) is 12.8 Å². The zero-order valence-electron chi connectivity index (χ0n) is 20.1. The molecule has 2 heterocycles. The molecule has 1 saturated heterocycles. The maximum atomic E-state index is 13.3. The average molecular weight is 456 g/mol.